The van der Waals surface area contributed by atoms with Gasteiger partial charge in [0.1, 0.15) is 5.75 Å². The second kappa shape index (κ2) is 6.48. The number of nitrogens with zero attached hydrogens (tertiary/aromatic N) is 1. The molecular formula is C17H26N2O2. The van der Waals surface area contributed by atoms with Gasteiger partial charge < -0.3 is 15.0 Å². The van der Waals surface area contributed by atoms with Crippen LogP contribution in [-0.4, -0.2) is 31.1 Å². The monoisotopic (exact) mass is 290 g/mol. The zero-order chi connectivity index (χ0) is 15.5. The Labute approximate surface area is 127 Å². The van der Waals surface area contributed by atoms with Crippen molar-refractivity contribution in [3.05, 3.63) is 24.3 Å². The standard InChI is InChI=1S/C17H26N2O2/c1-13(11-18-17(2,3)4)12-19-14-7-5-6-8-15(14)21-10-9-16(19)20/h5-8,13,18H,9-12H2,1-4H3. The molecule has 4 heteroatoms. The molecule has 1 heterocycles. The summed E-state index contributed by atoms with van der Waals surface area (Å²) in [7, 11) is 0. The van der Waals surface area contributed by atoms with Crippen LogP contribution in [0.3, 0.4) is 0 Å². The fourth-order valence-corrected chi connectivity index (χ4v) is 2.38. The van der Waals surface area contributed by atoms with E-state index in [1.54, 1.807) is 0 Å². The first-order valence-electron chi connectivity index (χ1n) is 7.64. The van der Waals surface area contributed by atoms with Crippen molar-refractivity contribution in [3.8, 4) is 5.75 Å². The van der Waals surface area contributed by atoms with Crippen LogP contribution in [-0.2, 0) is 4.79 Å². The Morgan fingerprint density at radius 2 is 2.05 bits per heavy atom. The van der Waals surface area contributed by atoms with E-state index in [4.69, 9.17) is 4.74 Å². The molecule has 2 rings (SSSR count). The van der Waals surface area contributed by atoms with Gasteiger partial charge in [-0.1, -0.05) is 19.1 Å². The highest BCUT2D eigenvalue weighted by atomic mass is 16.5. The Morgan fingerprint density at radius 1 is 1.33 bits per heavy atom. The van der Waals surface area contributed by atoms with Gasteiger partial charge in [-0.2, -0.15) is 0 Å². The lowest BCUT2D eigenvalue weighted by atomic mass is 10.1. The van der Waals surface area contributed by atoms with Crippen LogP contribution in [0, 0.1) is 5.92 Å². The summed E-state index contributed by atoms with van der Waals surface area (Å²) in [6.07, 6.45) is 0.439. The second-order valence-electron chi connectivity index (χ2n) is 6.81. The molecule has 1 aliphatic heterocycles. The number of anilines is 1. The van der Waals surface area contributed by atoms with Crippen LogP contribution in [0.2, 0.25) is 0 Å². The third-order valence-electron chi connectivity index (χ3n) is 3.51. The van der Waals surface area contributed by atoms with Gasteiger partial charge in [0.05, 0.1) is 18.7 Å². The summed E-state index contributed by atoms with van der Waals surface area (Å²) < 4.78 is 5.67. The average Bonchev–Trinajstić information content (AvgIpc) is 2.56. The summed E-state index contributed by atoms with van der Waals surface area (Å²) in [6, 6.07) is 7.78. The number of hydrogen-bond donors (Lipinski definition) is 1. The van der Waals surface area contributed by atoms with Gasteiger partial charge in [0, 0.05) is 12.1 Å². The normalized spacial score (nSPS) is 17.0. The molecule has 1 aliphatic rings. The molecule has 1 N–H and O–H groups in total. The van der Waals surface area contributed by atoms with E-state index in [-0.39, 0.29) is 11.4 Å². The van der Waals surface area contributed by atoms with Gasteiger partial charge in [-0.25, -0.2) is 0 Å². The molecule has 0 saturated heterocycles. The van der Waals surface area contributed by atoms with Gasteiger partial charge >= 0.3 is 0 Å². The molecule has 1 unspecified atom stereocenters. The number of carbonyl (C=O) groups excluding carboxylic acids is 1. The summed E-state index contributed by atoms with van der Waals surface area (Å²) in [5.74, 6) is 1.32. The molecule has 116 valence electrons. The lowest BCUT2D eigenvalue weighted by Gasteiger charge is -2.28. The van der Waals surface area contributed by atoms with Gasteiger partial charge in [-0.05, 0) is 45.4 Å². The van der Waals surface area contributed by atoms with Gasteiger partial charge in [0.2, 0.25) is 5.91 Å². The van der Waals surface area contributed by atoms with Gasteiger partial charge in [0.25, 0.3) is 0 Å². The Hall–Kier alpha value is -1.55. The van der Waals surface area contributed by atoms with Crippen LogP contribution in [0.4, 0.5) is 5.69 Å². The van der Waals surface area contributed by atoms with Gasteiger partial charge in [0.15, 0.2) is 0 Å². The number of hydrogen-bond acceptors (Lipinski definition) is 3. The van der Waals surface area contributed by atoms with E-state index < -0.39 is 0 Å². The third kappa shape index (κ3) is 4.46. The Balaban J connectivity index is 2.08. The Bertz CT molecular complexity index is 494. The van der Waals surface area contributed by atoms with E-state index in [2.05, 4.69) is 33.0 Å². The predicted octanol–water partition coefficient (Wildman–Crippen LogP) is 2.83. The predicted molar refractivity (Wildman–Crippen MR) is 85.8 cm³/mol. The molecule has 0 saturated carbocycles. The summed E-state index contributed by atoms with van der Waals surface area (Å²) >= 11 is 0. The fourth-order valence-electron chi connectivity index (χ4n) is 2.38. The third-order valence-corrected chi connectivity index (χ3v) is 3.51. The molecule has 1 aromatic rings. The van der Waals surface area contributed by atoms with Crippen LogP contribution in [0.15, 0.2) is 24.3 Å². The lowest BCUT2D eigenvalue weighted by Crippen LogP contribution is -2.42. The summed E-state index contributed by atoms with van der Waals surface area (Å²) in [5.41, 5.74) is 0.987. The number of nitrogens with one attached hydrogen (secondary N) is 1. The lowest BCUT2D eigenvalue weighted by molar-refractivity contribution is -0.118. The quantitative estimate of drug-likeness (QED) is 0.927. The van der Waals surface area contributed by atoms with Crippen LogP contribution < -0.4 is 15.0 Å². The SMILES string of the molecule is CC(CNC(C)(C)C)CN1C(=O)CCOc2ccccc21. The molecule has 0 spiro atoms. The highest BCUT2D eigenvalue weighted by Crippen LogP contribution is 2.31. The molecule has 0 bridgehead atoms. The summed E-state index contributed by atoms with van der Waals surface area (Å²) in [4.78, 5) is 14.2. The van der Waals surface area contributed by atoms with Crippen molar-refractivity contribution in [1.82, 2.24) is 5.32 Å². The van der Waals surface area contributed by atoms with Gasteiger partial charge in [-0.3, -0.25) is 4.79 Å². The molecule has 0 radical (unpaired) electrons. The van der Waals surface area contributed by atoms with Crippen LogP contribution in [0.5, 0.6) is 5.75 Å². The van der Waals surface area contributed by atoms with E-state index in [0.717, 1.165) is 18.0 Å². The Morgan fingerprint density at radius 3 is 2.76 bits per heavy atom. The number of ether oxygens (including phenoxy) is 1. The zero-order valence-corrected chi connectivity index (χ0v) is 13.5. The topological polar surface area (TPSA) is 41.6 Å². The molecule has 0 fully saturated rings. The zero-order valence-electron chi connectivity index (χ0n) is 13.5. The smallest absolute Gasteiger partial charge is 0.230 e. The molecule has 0 aromatic heterocycles. The largest absolute Gasteiger partial charge is 0.491 e. The number of benzene rings is 1. The number of fused-ring (bicyclic) bond motifs is 1. The average molecular weight is 290 g/mol. The molecule has 21 heavy (non-hydrogen) atoms. The van der Waals surface area contributed by atoms with Crippen molar-refractivity contribution in [2.45, 2.75) is 39.7 Å². The maximum atomic E-state index is 12.3. The highest BCUT2D eigenvalue weighted by Gasteiger charge is 2.24. The van der Waals surface area contributed by atoms with E-state index >= 15 is 0 Å². The van der Waals surface area contributed by atoms with Crippen molar-refractivity contribution in [1.29, 1.82) is 0 Å². The van der Waals surface area contributed by atoms with E-state index in [1.807, 2.05) is 29.2 Å². The van der Waals surface area contributed by atoms with E-state index in [0.29, 0.717) is 25.5 Å². The molecular weight excluding hydrogens is 264 g/mol. The number of para-hydroxylation sites is 2. The molecule has 0 aliphatic carbocycles. The van der Waals surface area contributed by atoms with Crippen LogP contribution >= 0.6 is 0 Å². The summed E-state index contributed by atoms with van der Waals surface area (Å²) in [6.45, 7) is 10.7. The van der Waals surface area contributed by atoms with Crippen molar-refractivity contribution in [2.75, 3.05) is 24.6 Å². The highest BCUT2D eigenvalue weighted by molar-refractivity contribution is 5.95. The maximum Gasteiger partial charge on any atom is 0.230 e. The second-order valence-corrected chi connectivity index (χ2v) is 6.81. The van der Waals surface area contributed by atoms with E-state index in [1.165, 1.54) is 0 Å². The number of rotatable bonds is 4. The molecule has 1 atom stereocenters. The van der Waals surface area contributed by atoms with E-state index in [9.17, 15) is 4.79 Å². The van der Waals surface area contributed by atoms with Crippen LogP contribution in [0.1, 0.15) is 34.1 Å². The molecule has 4 nitrogen and oxygen atoms in total. The number of amides is 1. The Kier molecular flexibility index (Phi) is 4.88. The van der Waals surface area contributed by atoms with Crippen molar-refractivity contribution in [3.63, 3.8) is 0 Å². The van der Waals surface area contributed by atoms with Crippen molar-refractivity contribution in [2.24, 2.45) is 5.92 Å². The minimum Gasteiger partial charge on any atom is -0.491 e. The van der Waals surface area contributed by atoms with Crippen LogP contribution in [0.25, 0.3) is 0 Å². The van der Waals surface area contributed by atoms with Crippen molar-refractivity contribution < 1.29 is 9.53 Å². The summed E-state index contributed by atoms with van der Waals surface area (Å²) in [5, 5.41) is 3.50. The first-order valence-corrected chi connectivity index (χ1v) is 7.64. The minimum atomic E-state index is 0.0953. The first-order chi connectivity index (χ1) is 9.87. The van der Waals surface area contributed by atoms with Gasteiger partial charge in [-0.15, -0.1) is 0 Å². The van der Waals surface area contributed by atoms with Crippen molar-refractivity contribution >= 4 is 11.6 Å². The maximum absolute atomic E-state index is 12.3. The first kappa shape index (κ1) is 15.8. The molecule has 1 amide bonds. The molecule has 1 aromatic carbocycles. The fraction of sp³-hybridized carbons (Fsp3) is 0.588. The number of carbonyl (C=O) groups is 1. The minimum absolute atomic E-state index is 0.0953.